The summed E-state index contributed by atoms with van der Waals surface area (Å²) in [6.07, 6.45) is 8.00. The number of carbonyl (C=O) groups is 1. The van der Waals surface area contributed by atoms with E-state index in [-0.39, 0.29) is 11.9 Å². The van der Waals surface area contributed by atoms with Gasteiger partial charge < -0.3 is 10.1 Å². The van der Waals surface area contributed by atoms with Gasteiger partial charge in [0, 0.05) is 24.5 Å². The first kappa shape index (κ1) is 18.2. The average Bonchev–Trinajstić information content (AvgIpc) is 3.14. The number of ether oxygens (including phenoxy) is 1. The highest BCUT2D eigenvalue weighted by molar-refractivity contribution is 5.97. The van der Waals surface area contributed by atoms with E-state index in [0.29, 0.717) is 23.8 Å². The zero-order chi connectivity index (χ0) is 17.6. The van der Waals surface area contributed by atoms with E-state index in [2.05, 4.69) is 10.2 Å². The number of likely N-dealkylation sites (tertiary alicyclic amines) is 1. The standard InChI is InChI=1S/C21H32N2O2/c1-16(2)22-21(24)19-11-5-6-12-20(19)25-15-17-8-7-13-23(14-17)18-9-3-4-10-18/h5-6,11-12,16-18H,3-4,7-10,13-15H2,1-2H3,(H,22,24). The molecular weight excluding hydrogens is 312 g/mol. The Labute approximate surface area is 151 Å². The fourth-order valence-corrected chi connectivity index (χ4v) is 4.16. The molecule has 0 aromatic heterocycles. The Balaban J connectivity index is 1.57. The molecule has 1 aromatic carbocycles. The number of nitrogens with one attached hydrogen (secondary N) is 1. The molecule has 1 amide bonds. The summed E-state index contributed by atoms with van der Waals surface area (Å²) in [6.45, 7) is 7.04. The summed E-state index contributed by atoms with van der Waals surface area (Å²) in [5, 5.41) is 2.95. The second-order valence-corrected chi connectivity index (χ2v) is 7.88. The van der Waals surface area contributed by atoms with Crippen molar-refractivity contribution < 1.29 is 9.53 Å². The van der Waals surface area contributed by atoms with E-state index >= 15 is 0 Å². The van der Waals surface area contributed by atoms with Crippen LogP contribution in [0.1, 0.15) is 62.7 Å². The highest BCUT2D eigenvalue weighted by Gasteiger charge is 2.28. The SMILES string of the molecule is CC(C)NC(=O)c1ccccc1OCC1CCCN(C2CCCC2)C1. The van der Waals surface area contributed by atoms with E-state index in [9.17, 15) is 4.79 Å². The summed E-state index contributed by atoms with van der Waals surface area (Å²) in [7, 11) is 0. The Bertz CT molecular complexity index is 567. The van der Waals surface area contributed by atoms with Crippen molar-refractivity contribution in [3.8, 4) is 5.75 Å². The van der Waals surface area contributed by atoms with Gasteiger partial charge in [-0.1, -0.05) is 25.0 Å². The van der Waals surface area contributed by atoms with E-state index in [4.69, 9.17) is 4.74 Å². The van der Waals surface area contributed by atoms with Gasteiger partial charge in [0.2, 0.25) is 0 Å². The number of rotatable bonds is 6. The van der Waals surface area contributed by atoms with Crippen LogP contribution in [0.25, 0.3) is 0 Å². The number of hydrogen-bond acceptors (Lipinski definition) is 3. The predicted octanol–water partition coefficient (Wildman–Crippen LogP) is 3.86. The van der Waals surface area contributed by atoms with Crippen molar-refractivity contribution in [1.29, 1.82) is 0 Å². The van der Waals surface area contributed by atoms with Gasteiger partial charge in [0.25, 0.3) is 5.91 Å². The van der Waals surface area contributed by atoms with E-state index in [0.717, 1.165) is 12.6 Å². The van der Waals surface area contributed by atoms with Crippen LogP contribution < -0.4 is 10.1 Å². The number of piperidine rings is 1. The third-order valence-corrected chi connectivity index (χ3v) is 5.42. The lowest BCUT2D eigenvalue weighted by molar-refractivity contribution is 0.0909. The van der Waals surface area contributed by atoms with Crippen LogP contribution in [-0.2, 0) is 0 Å². The van der Waals surface area contributed by atoms with Crippen LogP contribution in [0, 0.1) is 5.92 Å². The van der Waals surface area contributed by atoms with Crippen LogP contribution in [0.15, 0.2) is 24.3 Å². The molecule has 138 valence electrons. The lowest BCUT2D eigenvalue weighted by Crippen LogP contribution is -2.43. The summed E-state index contributed by atoms with van der Waals surface area (Å²) in [4.78, 5) is 15.0. The van der Waals surface area contributed by atoms with Crippen LogP contribution in [0.2, 0.25) is 0 Å². The third-order valence-electron chi connectivity index (χ3n) is 5.42. The number of hydrogen-bond donors (Lipinski definition) is 1. The minimum atomic E-state index is -0.0539. The minimum absolute atomic E-state index is 0.0539. The summed E-state index contributed by atoms with van der Waals surface area (Å²) < 4.78 is 6.10. The molecule has 25 heavy (non-hydrogen) atoms. The topological polar surface area (TPSA) is 41.6 Å². The van der Waals surface area contributed by atoms with E-state index in [1.54, 1.807) is 0 Å². The highest BCUT2D eigenvalue weighted by Crippen LogP contribution is 2.28. The van der Waals surface area contributed by atoms with Gasteiger partial charge in [-0.15, -0.1) is 0 Å². The van der Waals surface area contributed by atoms with Crippen molar-refractivity contribution in [2.24, 2.45) is 5.92 Å². The Morgan fingerprint density at radius 2 is 1.96 bits per heavy atom. The molecule has 0 radical (unpaired) electrons. The van der Waals surface area contributed by atoms with Crippen LogP contribution in [0.5, 0.6) is 5.75 Å². The molecule has 1 aromatic rings. The lowest BCUT2D eigenvalue weighted by Gasteiger charge is -2.36. The third kappa shape index (κ3) is 4.97. The Morgan fingerprint density at radius 1 is 1.20 bits per heavy atom. The van der Waals surface area contributed by atoms with Gasteiger partial charge in [0.1, 0.15) is 5.75 Å². The molecule has 2 aliphatic rings. The Hall–Kier alpha value is -1.55. The number of carbonyl (C=O) groups excluding carboxylic acids is 1. The van der Waals surface area contributed by atoms with Gasteiger partial charge in [0.05, 0.1) is 12.2 Å². The fraction of sp³-hybridized carbons (Fsp3) is 0.667. The van der Waals surface area contributed by atoms with Crippen molar-refractivity contribution >= 4 is 5.91 Å². The van der Waals surface area contributed by atoms with Crippen LogP contribution in [0.4, 0.5) is 0 Å². The second kappa shape index (κ2) is 8.70. The maximum Gasteiger partial charge on any atom is 0.255 e. The first-order chi connectivity index (χ1) is 12.1. The summed E-state index contributed by atoms with van der Waals surface area (Å²) in [6, 6.07) is 8.51. The molecule has 1 aliphatic heterocycles. The molecule has 1 saturated carbocycles. The van der Waals surface area contributed by atoms with Crippen molar-refractivity contribution in [1.82, 2.24) is 10.2 Å². The predicted molar refractivity (Wildman–Crippen MR) is 101 cm³/mol. The summed E-state index contributed by atoms with van der Waals surface area (Å²) in [5.41, 5.74) is 0.639. The van der Waals surface area contributed by atoms with Crippen LogP contribution >= 0.6 is 0 Å². The Morgan fingerprint density at radius 3 is 2.72 bits per heavy atom. The van der Waals surface area contributed by atoms with E-state index < -0.39 is 0 Å². The van der Waals surface area contributed by atoms with Gasteiger partial charge in [-0.3, -0.25) is 9.69 Å². The molecule has 3 rings (SSSR count). The fourth-order valence-electron chi connectivity index (χ4n) is 4.16. The van der Waals surface area contributed by atoms with Crippen molar-refractivity contribution in [3.05, 3.63) is 29.8 Å². The summed E-state index contributed by atoms with van der Waals surface area (Å²) >= 11 is 0. The normalized spacial score (nSPS) is 22.3. The van der Waals surface area contributed by atoms with Gasteiger partial charge in [0.15, 0.2) is 0 Å². The van der Waals surface area contributed by atoms with E-state index in [1.807, 2.05) is 38.1 Å². The molecule has 1 heterocycles. The molecule has 0 bridgehead atoms. The lowest BCUT2D eigenvalue weighted by atomic mass is 9.97. The van der Waals surface area contributed by atoms with Crippen LogP contribution in [-0.4, -0.2) is 42.6 Å². The number of amides is 1. The molecule has 1 unspecified atom stereocenters. The number of benzene rings is 1. The smallest absolute Gasteiger partial charge is 0.255 e. The largest absolute Gasteiger partial charge is 0.492 e. The molecule has 1 atom stereocenters. The van der Waals surface area contributed by atoms with Crippen LogP contribution in [0.3, 0.4) is 0 Å². The van der Waals surface area contributed by atoms with E-state index in [1.165, 1.54) is 45.1 Å². The first-order valence-electron chi connectivity index (χ1n) is 9.90. The number of para-hydroxylation sites is 1. The first-order valence-corrected chi connectivity index (χ1v) is 9.90. The molecule has 1 aliphatic carbocycles. The van der Waals surface area contributed by atoms with Gasteiger partial charge in [-0.25, -0.2) is 0 Å². The minimum Gasteiger partial charge on any atom is -0.492 e. The Kier molecular flexibility index (Phi) is 6.35. The van der Waals surface area contributed by atoms with Gasteiger partial charge in [-0.05, 0) is 58.2 Å². The zero-order valence-corrected chi connectivity index (χ0v) is 15.7. The van der Waals surface area contributed by atoms with Crippen molar-refractivity contribution in [2.75, 3.05) is 19.7 Å². The maximum atomic E-state index is 12.4. The maximum absolute atomic E-state index is 12.4. The van der Waals surface area contributed by atoms with Crippen molar-refractivity contribution in [3.63, 3.8) is 0 Å². The monoisotopic (exact) mass is 344 g/mol. The molecule has 1 saturated heterocycles. The average molecular weight is 344 g/mol. The molecule has 1 N–H and O–H groups in total. The molecule has 4 heteroatoms. The highest BCUT2D eigenvalue weighted by atomic mass is 16.5. The van der Waals surface area contributed by atoms with Crippen molar-refractivity contribution in [2.45, 2.75) is 64.5 Å². The van der Waals surface area contributed by atoms with Gasteiger partial charge >= 0.3 is 0 Å². The van der Waals surface area contributed by atoms with Gasteiger partial charge in [-0.2, -0.15) is 0 Å². The molecule has 0 spiro atoms. The molecular formula is C21H32N2O2. The molecule has 4 nitrogen and oxygen atoms in total. The quantitative estimate of drug-likeness (QED) is 0.852. The zero-order valence-electron chi connectivity index (χ0n) is 15.7. The number of nitrogens with zero attached hydrogens (tertiary/aromatic N) is 1. The second-order valence-electron chi connectivity index (χ2n) is 7.88. The summed E-state index contributed by atoms with van der Waals surface area (Å²) in [5.74, 6) is 1.22. The molecule has 2 fully saturated rings.